The van der Waals surface area contributed by atoms with Gasteiger partial charge in [0.15, 0.2) is 6.10 Å². The Kier molecular flexibility index (Phi) is 5.49. The van der Waals surface area contributed by atoms with Crippen molar-refractivity contribution in [2.75, 3.05) is 19.8 Å². The predicted octanol–water partition coefficient (Wildman–Crippen LogP) is 1.49. The Hall–Kier alpha value is -1.47. The molecule has 0 bridgehead atoms. The molecular formula is C13H16BrN3O3. The first-order chi connectivity index (χ1) is 9.65. The topological polar surface area (TPSA) is 72.8 Å². The van der Waals surface area contributed by atoms with Crippen molar-refractivity contribution in [1.29, 1.82) is 0 Å². The summed E-state index contributed by atoms with van der Waals surface area (Å²) in [5.74, 6) is -0.0577. The molecule has 1 aliphatic heterocycles. The summed E-state index contributed by atoms with van der Waals surface area (Å²) < 4.78 is 6.36. The van der Waals surface area contributed by atoms with Crippen molar-refractivity contribution < 1.29 is 14.4 Å². The van der Waals surface area contributed by atoms with Crippen molar-refractivity contribution in [3.63, 3.8) is 0 Å². The van der Waals surface area contributed by atoms with Crippen LogP contribution in [0.15, 0.2) is 28.0 Å². The zero-order valence-electron chi connectivity index (χ0n) is 11.1. The van der Waals surface area contributed by atoms with Gasteiger partial charge in [-0.05, 0) is 28.1 Å². The molecule has 1 aromatic heterocycles. The molecule has 1 N–H and O–H groups in total. The van der Waals surface area contributed by atoms with E-state index in [0.717, 1.165) is 15.9 Å². The first kappa shape index (κ1) is 14.9. The average Bonchev–Trinajstić information content (AvgIpc) is 2.87. The summed E-state index contributed by atoms with van der Waals surface area (Å²) in [7, 11) is 0. The van der Waals surface area contributed by atoms with Gasteiger partial charge >= 0.3 is 0 Å². The minimum absolute atomic E-state index is 0.0577. The summed E-state index contributed by atoms with van der Waals surface area (Å²) in [6.45, 7) is 2.89. The highest BCUT2D eigenvalue weighted by atomic mass is 79.9. The summed E-state index contributed by atoms with van der Waals surface area (Å²) >= 11 is 3.34. The van der Waals surface area contributed by atoms with Gasteiger partial charge in [0.25, 0.3) is 0 Å². The van der Waals surface area contributed by atoms with Crippen LogP contribution < -0.4 is 5.32 Å². The number of carbonyl (C=O) groups is 1. The number of aromatic nitrogens is 1. The molecule has 2 rings (SSSR count). The predicted molar refractivity (Wildman–Crippen MR) is 77.5 cm³/mol. The zero-order chi connectivity index (χ0) is 14.4. The van der Waals surface area contributed by atoms with Crippen LogP contribution in [-0.2, 0) is 14.4 Å². The van der Waals surface area contributed by atoms with Gasteiger partial charge in [-0.1, -0.05) is 5.16 Å². The average molecular weight is 342 g/mol. The minimum atomic E-state index is -0.0900. The fourth-order valence-corrected chi connectivity index (χ4v) is 1.96. The summed E-state index contributed by atoms with van der Waals surface area (Å²) in [6.07, 6.45) is 2.32. The molecule has 1 aromatic rings. The van der Waals surface area contributed by atoms with E-state index in [2.05, 4.69) is 31.4 Å². The van der Waals surface area contributed by atoms with Crippen LogP contribution in [0.4, 0.5) is 0 Å². The highest BCUT2D eigenvalue weighted by Gasteiger charge is 2.23. The molecule has 0 fully saturated rings. The molecule has 6 nitrogen and oxygen atoms in total. The van der Waals surface area contributed by atoms with E-state index in [1.807, 2.05) is 12.1 Å². The van der Waals surface area contributed by atoms with Gasteiger partial charge in [0.1, 0.15) is 5.71 Å². The van der Waals surface area contributed by atoms with E-state index in [9.17, 15) is 4.79 Å². The van der Waals surface area contributed by atoms with E-state index < -0.39 is 0 Å². The molecule has 20 heavy (non-hydrogen) atoms. The molecule has 2 heterocycles. The van der Waals surface area contributed by atoms with E-state index in [1.54, 1.807) is 6.20 Å². The number of nitrogens with one attached hydrogen (secondary N) is 1. The van der Waals surface area contributed by atoms with Crippen LogP contribution in [0.1, 0.15) is 19.0 Å². The van der Waals surface area contributed by atoms with Crippen LogP contribution in [-0.4, -0.2) is 42.5 Å². The Bertz CT molecular complexity index is 490. The summed E-state index contributed by atoms with van der Waals surface area (Å²) in [5, 5.41) is 6.70. The van der Waals surface area contributed by atoms with Gasteiger partial charge in [-0.25, -0.2) is 0 Å². The quantitative estimate of drug-likeness (QED) is 0.795. The maximum absolute atomic E-state index is 10.7. The SMILES string of the molecule is CC(=O)NCCOC[C@@H]1CC(c2ccc(Br)cn2)=NO1. The van der Waals surface area contributed by atoms with Crippen LogP contribution >= 0.6 is 15.9 Å². The molecule has 0 saturated carbocycles. The Morgan fingerprint density at radius 2 is 2.45 bits per heavy atom. The molecule has 7 heteroatoms. The third kappa shape index (κ3) is 4.57. The third-order valence-corrected chi connectivity index (χ3v) is 3.15. The largest absolute Gasteiger partial charge is 0.389 e. The maximum Gasteiger partial charge on any atom is 0.216 e. The van der Waals surface area contributed by atoms with Crippen LogP contribution in [0, 0.1) is 0 Å². The number of ether oxygens (including phenoxy) is 1. The van der Waals surface area contributed by atoms with Crippen molar-refractivity contribution in [3.8, 4) is 0 Å². The second-order valence-corrected chi connectivity index (χ2v) is 5.30. The van der Waals surface area contributed by atoms with Gasteiger partial charge in [-0.15, -0.1) is 0 Å². The number of hydrogen-bond acceptors (Lipinski definition) is 5. The van der Waals surface area contributed by atoms with E-state index in [1.165, 1.54) is 6.92 Å². The molecule has 1 aliphatic rings. The van der Waals surface area contributed by atoms with Crippen molar-refractivity contribution >= 4 is 27.5 Å². The van der Waals surface area contributed by atoms with E-state index in [-0.39, 0.29) is 12.0 Å². The highest BCUT2D eigenvalue weighted by Crippen LogP contribution is 2.17. The summed E-state index contributed by atoms with van der Waals surface area (Å²) in [5.41, 5.74) is 1.64. The molecule has 0 saturated heterocycles. The molecule has 1 atom stereocenters. The van der Waals surface area contributed by atoms with Gasteiger partial charge in [0, 0.05) is 30.6 Å². The Morgan fingerprint density at radius 1 is 1.60 bits per heavy atom. The monoisotopic (exact) mass is 341 g/mol. The normalized spacial score (nSPS) is 17.5. The molecule has 0 radical (unpaired) electrons. The first-order valence-corrected chi connectivity index (χ1v) is 7.11. The molecule has 0 aliphatic carbocycles. The second-order valence-electron chi connectivity index (χ2n) is 4.39. The molecule has 1 amide bonds. The van der Waals surface area contributed by atoms with Crippen LogP contribution in [0.3, 0.4) is 0 Å². The number of halogens is 1. The van der Waals surface area contributed by atoms with Crippen molar-refractivity contribution in [2.45, 2.75) is 19.4 Å². The lowest BCUT2D eigenvalue weighted by Crippen LogP contribution is -2.26. The fourth-order valence-electron chi connectivity index (χ4n) is 1.73. The van der Waals surface area contributed by atoms with E-state index in [4.69, 9.17) is 9.57 Å². The van der Waals surface area contributed by atoms with Crippen LogP contribution in [0.5, 0.6) is 0 Å². The lowest BCUT2D eigenvalue weighted by molar-refractivity contribution is -0.119. The first-order valence-electron chi connectivity index (χ1n) is 6.32. The number of carbonyl (C=O) groups excluding carboxylic acids is 1. The minimum Gasteiger partial charge on any atom is -0.389 e. The van der Waals surface area contributed by atoms with Gasteiger partial charge in [0.2, 0.25) is 5.91 Å². The van der Waals surface area contributed by atoms with Crippen molar-refractivity contribution in [3.05, 3.63) is 28.5 Å². The maximum atomic E-state index is 10.7. The third-order valence-electron chi connectivity index (χ3n) is 2.68. The van der Waals surface area contributed by atoms with Crippen LogP contribution in [0.25, 0.3) is 0 Å². The number of nitrogens with zero attached hydrogens (tertiary/aromatic N) is 2. The molecule has 0 spiro atoms. The molecule has 108 valence electrons. The highest BCUT2D eigenvalue weighted by molar-refractivity contribution is 9.10. The number of rotatable bonds is 6. The standard InChI is InChI=1S/C13H16BrN3O3/c1-9(18)15-4-5-19-8-11-6-13(17-20-11)12-3-2-10(14)7-16-12/h2-3,7,11H,4-6,8H2,1H3,(H,15,18)/t11-/m0/s1. The lowest BCUT2D eigenvalue weighted by atomic mass is 10.1. The number of pyridine rings is 1. The second kappa shape index (κ2) is 7.35. The number of amides is 1. The van der Waals surface area contributed by atoms with E-state index >= 15 is 0 Å². The van der Waals surface area contributed by atoms with E-state index in [0.29, 0.717) is 26.2 Å². The van der Waals surface area contributed by atoms with Crippen molar-refractivity contribution in [1.82, 2.24) is 10.3 Å². The van der Waals surface area contributed by atoms with Crippen LogP contribution in [0.2, 0.25) is 0 Å². The van der Waals surface area contributed by atoms with Gasteiger partial charge in [-0.2, -0.15) is 0 Å². The fraction of sp³-hybridized carbons (Fsp3) is 0.462. The molecule has 0 aromatic carbocycles. The summed E-state index contributed by atoms with van der Waals surface area (Å²) in [4.78, 5) is 20.2. The zero-order valence-corrected chi connectivity index (χ0v) is 12.7. The molecule has 0 unspecified atom stereocenters. The number of hydrogen-bond donors (Lipinski definition) is 1. The Balaban J connectivity index is 1.69. The van der Waals surface area contributed by atoms with Gasteiger partial charge in [-0.3, -0.25) is 9.78 Å². The van der Waals surface area contributed by atoms with Gasteiger partial charge in [0.05, 0.1) is 18.9 Å². The van der Waals surface area contributed by atoms with Gasteiger partial charge < -0.3 is 14.9 Å². The Morgan fingerprint density at radius 3 is 3.15 bits per heavy atom. The Labute approximate surface area is 125 Å². The number of oxime groups is 1. The van der Waals surface area contributed by atoms with Crippen molar-refractivity contribution in [2.24, 2.45) is 5.16 Å². The lowest BCUT2D eigenvalue weighted by Gasteiger charge is -2.09. The molecular weight excluding hydrogens is 326 g/mol. The smallest absolute Gasteiger partial charge is 0.216 e. The summed E-state index contributed by atoms with van der Waals surface area (Å²) in [6, 6.07) is 3.81.